The van der Waals surface area contributed by atoms with Gasteiger partial charge in [0.25, 0.3) is 0 Å². The van der Waals surface area contributed by atoms with Gasteiger partial charge in [0.2, 0.25) is 0 Å². The molecule has 0 fully saturated rings. The number of carbonyl (C=O) groups excluding carboxylic acids is 1. The van der Waals surface area contributed by atoms with Gasteiger partial charge in [-0.3, -0.25) is 4.79 Å². The second-order valence-electron chi connectivity index (χ2n) is 8.27. The summed E-state index contributed by atoms with van der Waals surface area (Å²) in [6.07, 6.45) is 3.17. The molecule has 0 aliphatic carbocycles. The molecule has 0 amide bonds. The van der Waals surface area contributed by atoms with E-state index in [0.717, 1.165) is 16.6 Å². The average molecular weight is 638 g/mol. The van der Waals surface area contributed by atoms with Crippen molar-refractivity contribution in [2.45, 2.75) is 20.8 Å². The standard InChI is InChI=1S/C26H18N.C5H8O2.Ir/c1-18-6-2-4-8-22(18)20-10-12-21(13-11-20)26-25-15-14-19-7-3-5-9-23(19)24(25)16-17-27-26;1-4(6)3-5(2)7;/h2-12,14-17H,1H3;3,6H,1-2H3;/q-1;;/p+1/b;4-3-;. The number of rotatable bonds is 3. The Labute approximate surface area is 219 Å². The number of aryl methyl sites for hydroxylation is 1. The predicted octanol–water partition coefficient (Wildman–Crippen LogP) is 7.84. The maximum atomic E-state index is 8.40. The minimum atomic E-state index is 0. The Bertz CT molecular complexity index is 1500. The molecular weight excluding hydrogens is 611 g/mol. The third kappa shape index (κ3) is 6.10. The van der Waals surface area contributed by atoms with Crippen LogP contribution >= 0.6 is 0 Å². The Kier molecular flexibility index (Phi) is 8.70. The van der Waals surface area contributed by atoms with E-state index in [1.165, 1.54) is 52.8 Å². The van der Waals surface area contributed by atoms with E-state index in [0.29, 0.717) is 0 Å². The van der Waals surface area contributed by atoms with Gasteiger partial charge in [0.1, 0.15) is 0 Å². The monoisotopic (exact) mass is 638 g/mol. The van der Waals surface area contributed by atoms with Crippen LogP contribution in [0.15, 0.2) is 103 Å². The summed E-state index contributed by atoms with van der Waals surface area (Å²) >= 11 is 0. The second kappa shape index (κ2) is 11.7. The third-order valence-corrected chi connectivity index (χ3v) is 5.61. The molecule has 0 saturated heterocycles. The molecule has 1 heterocycles. The van der Waals surface area contributed by atoms with Gasteiger partial charge in [-0.1, -0.05) is 77.4 Å². The fraction of sp³-hybridized carbons (Fsp3) is 0.0968. The van der Waals surface area contributed by atoms with E-state index >= 15 is 0 Å². The molecule has 0 atom stereocenters. The van der Waals surface area contributed by atoms with Gasteiger partial charge in [0.05, 0.1) is 18.8 Å². The van der Waals surface area contributed by atoms with Crippen molar-refractivity contribution in [2.24, 2.45) is 0 Å². The number of pyridine rings is 1. The summed E-state index contributed by atoms with van der Waals surface area (Å²) in [6.45, 7) is 5.14. The van der Waals surface area contributed by atoms with Crippen LogP contribution in [0.4, 0.5) is 0 Å². The Balaban J connectivity index is 0.000000378. The first-order valence-electron chi connectivity index (χ1n) is 11.2. The van der Waals surface area contributed by atoms with Crippen LogP contribution in [0.3, 0.4) is 0 Å². The van der Waals surface area contributed by atoms with Crippen molar-refractivity contribution >= 4 is 27.3 Å². The van der Waals surface area contributed by atoms with Crippen LogP contribution in [0.5, 0.6) is 0 Å². The first-order valence-corrected chi connectivity index (χ1v) is 11.2. The summed E-state index contributed by atoms with van der Waals surface area (Å²) in [5.41, 5.74) is 5.70. The minimum Gasteiger partial charge on any atom is -0.512 e. The zero-order chi connectivity index (χ0) is 24.1. The number of nitrogens with zero attached hydrogens (tertiary/aromatic N) is 1. The Morgan fingerprint density at radius 1 is 0.857 bits per heavy atom. The van der Waals surface area contributed by atoms with Gasteiger partial charge < -0.3 is 10.1 Å². The molecule has 0 bridgehead atoms. The summed E-state index contributed by atoms with van der Waals surface area (Å²) in [4.78, 5) is 13.1. The molecule has 4 heteroatoms. The number of allylic oxidation sites excluding steroid dienone is 2. The minimum absolute atomic E-state index is 0. The van der Waals surface area contributed by atoms with E-state index in [2.05, 4.69) is 103 Å². The number of ketones is 1. The summed E-state index contributed by atoms with van der Waals surface area (Å²) in [5.74, 6) is 0.250. The van der Waals surface area contributed by atoms with Crippen LogP contribution in [0.25, 0.3) is 43.9 Å². The number of hydrogen-bond acceptors (Lipinski definition) is 2. The Morgan fingerprint density at radius 2 is 1.60 bits per heavy atom. The van der Waals surface area contributed by atoms with E-state index in [1.807, 2.05) is 6.20 Å². The molecule has 0 saturated carbocycles. The van der Waals surface area contributed by atoms with Gasteiger partial charge in [0, 0.05) is 26.3 Å². The normalized spacial score (nSPS) is 10.9. The number of aliphatic hydroxyl groups excluding tert-OH is 1. The smallest absolute Gasteiger partial charge is 0.316 e. The van der Waals surface area contributed by atoms with Gasteiger partial charge in [-0.15, -0.1) is 29.8 Å². The molecule has 5 aromatic rings. The zero-order valence-corrected chi connectivity index (χ0v) is 22.3. The van der Waals surface area contributed by atoms with Crippen molar-refractivity contribution in [1.29, 1.82) is 0 Å². The zero-order valence-electron chi connectivity index (χ0n) is 19.9. The summed E-state index contributed by atoms with van der Waals surface area (Å²) in [6, 6.07) is 33.2. The van der Waals surface area contributed by atoms with Gasteiger partial charge in [-0.05, 0) is 47.2 Å². The van der Waals surface area contributed by atoms with Crippen LogP contribution in [-0.4, -0.2) is 20.7 Å². The average Bonchev–Trinajstić information content (AvgIpc) is 2.83. The molecular formula is C31H27IrNO2. The summed E-state index contributed by atoms with van der Waals surface area (Å²) in [7, 11) is 0. The second-order valence-corrected chi connectivity index (χ2v) is 8.27. The molecule has 35 heavy (non-hydrogen) atoms. The number of benzene rings is 4. The van der Waals surface area contributed by atoms with Crippen LogP contribution < -0.4 is 0 Å². The first-order chi connectivity index (χ1) is 16.4. The van der Waals surface area contributed by atoms with E-state index in [-0.39, 0.29) is 31.6 Å². The quantitative estimate of drug-likeness (QED) is 0.0721. The van der Waals surface area contributed by atoms with Crippen LogP contribution in [0.1, 0.15) is 19.4 Å². The van der Waals surface area contributed by atoms with E-state index in [9.17, 15) is 0 Å². The van der Waals surface area contributed by atoms with Crippen molar-refractivity contribution in [3.05, 3.63) is 115 Å². The predicted molar refractivity (Wildman–Crippen MR) is 143 cm³/mol. The van der Waals surface area contributed by atoms with Crippen molar-refractivity contribution in [3.63, 3.8) is 0 Å². The van der Waals surface area contributed by atoms with Crippen molar-refractivity contribution < 1.29 is 30.0 Å². The molecule has 4 aromatic carbocycles. The molecule has 1 aromatic heterocycles. The van der Waals surface area contributed by atoms with E-state index in [1.54, 1.807) is 0 Å². The van der Waals surface area contributed by atoms with Crippen molar-refractivity contribution in [3.8, 4) is 22.4 Å². The Hall–Kier alpha value is -3.59. The molecule has 0 aliphatic rings. The summed E-state index contributed by atoms with van der Waals surface area (Å²) in [5, 5.41) is 13.3. The molecule has 0 unspecified atom stereocenters. The largest absolute Gasteiger partial charge is 0.512 e. The van der Waals surface area contributed by atoms with E-state index in [4.69, 9.17) is 9.90 Å². The third-order valence-electron chi connectivity index (χ3n) is 5.61. The fourth-order valence-electron chi connectivity index (χ4n) is 4.09. The first kappa shape index (κ1) is 26.0. The van der Waals surface area contributed by atoms with Crippen LogP contribution in [0, 0.1) is 13.0 Å². The number of aromatic nitrogens is 1. The Morgan fingerprint density at radius 3 is 2.26 bits per heavy atom. The van der Waals surface area contributed by atoms with Gasteiger partial charge in [-0.25, -0.2) is 0 Å². The molecule has 3 nitrogen and oxygen atoms in total. The number of aliphatic hydroxyl groups is 1. The van der Waals surface area contributed by atoms with Gasteiger partial charge in [-0.2, -0.15) is 0 Å². The van der Waals surface area contributed by atoms with Crippen molar-refractivity contribution in [2.75, 3.05) is 0 Å². The maximum absolute atomic E-state index is 8.40. The molecule has 5 rings (SSSR count). The molecule has 177 valence electrons. The summed E-state index contributed by atoms with van der Waals surface area (Å²) < 4.78 is 0. The molecule has 0 aliphatic heterocycles. The molecule has 0 spiro atoms. The maximum Gasteiger partial charge on any atom is 0.316 e. The van der Waals surface area contributed by atoms with E-state index < -0.39 is 0 Å². The SMILES string of the molecule is CC(=[OH+])/C=C(/C)O.Cc1ccccc1-c1c[c-]c(-c2nccc3c2ccc2ccccc23)cc1.[Ir]. The van der Waals surface area contributed by atoms with Crippen LogP contribution in [-0.2, 0) is 20.1 Å². The molecule has 1 radical (unpaired) electrons. The number of fused-ring (bicyclic) bond motifs is 3. The van der Waals surface area contributed by atoms with Crippen LogP contribution in [0.2, 0.25) is 0 Å². The molecule has 2 N–H and O–H groups in total. The topological polar surface area (TPSA) is 54.5 Å². The van der Waals surface area contributed by atoms with Crippen molar-refractivity contribution in [1.82, 2.24) is 4.98 Å². The fourth-order valence-corrected chi connectivity index (χ4v) is 4.09. The number of hydrogen-bond donors (Lipinski definition) is 1. The van der Waals surface area contributed by atoms with Gasteiger partial charge in [0.15, 0.2) is 0 Å². The van der Waals surface area contributed by atoms with Gasteiger partial charge >= 0.3 is 5.78 Å².